The van der Waals surface area contributed by atoms with Gasteiger partial charge in [0.25, 0.3) is 0 Å². The maximum absolute atomic E-state index is 12.3. The molecule has 98 valence electrons. The second-order valence-corrected chi connectivity index (χ2v) is 6.07. The summed E-state index contributed by atoms with van der Waals surface area (Å²) in [4.78, 5) is 12.3. The van der Waals surface area contributed by atoms with Gasteiger partial charge in [0.1, 0.15) is 0 Å². The summed E-state index contributed by atoms with van der Waals surface area (Å²) in [5, 5.41) is 3.10. The van der Waals surface area contributed by atoms with E-state index in [1.807, 2.05) is 24.3 Å². The first-order chi connectivity index (χ1) is 8.66. The van der Waals surface area contributed by atoms with Crippen molar-refractivity contribution in [2.24, 2.45) is 5.41 Å². The number of halogens is 1. The van der Waals surface area contributed by atoms with Gasteiger partial charge in [-0.25, -0.2) is 0 Å². The molecule has 1 amide bonds. The molecule has 1 aromatic rings. The van der Waals surface area contributed by atoms with Gasteiger partial charge in [-0.1, -0.05) is 47.8 Å². The van der Waals surface area contributed by atoms with Crippen molar-refractivity contribution in [1.82, 2.24) is 5.32 Å². The van der Waals surface area contributed by atoms with Crippen LogP contribution in [0.5, 0.6) is 0 Å². The number of benzene rings is 1. The molecule has 0 spiro atoms. The van der Waals surface area contributed by atoms with E-state index >= 15 is 0 Å². The molecule has 1 aliphatic carbocycles. The van der Waals surface area contributed by atoms with Gasteiger partial charge >= 0.3 is 0 Å². The van der Waals surface area contributed by atoms with E-state index < -0.39 is 0 Å². The molecular formula is C15H20BrNO. The van der Waals surface area contributed by atoms with E-state index in [-0.39, 0.29) is 11.3 Å². The minimum Gasteiger partial charge on any atom is -0.352 e. The van der Waals surface area contributed by atoms with Crippen LogP contribution in [-0.2, 0) is 11.3 Å². The Labute approximate surface area is 117 Å². The van der Waals surface area contributed by atoms with Crippen LogP contribution in [0, 0.1) is 5.41 Å². The number of carbonyl (C=O) groups is 1. The highest BCUT2D eigenvalue weighted by Crippen LogP contribution is 2.41. The molecule has 0 saturated heterocycles. The molecule has 0 atom stereocenters. The first-order valence-electron chi connectivity index (χ1n) is 6.69. The van der Waals surface area contributed by atoms with Crippen LogP contribution >= 0.6 is 15.9 Å². The molecule has 1 N–H and O–H groups in total. The minimum absolute atomic E-state index is 0.0913. The van der Waals surface area contributed by atoms with E-state index in [1.54, 1.807) is 0 Å². The van der Waals surface area contributed by atoms with Gasteiger partial charge in [0.2, 0.25) is 5.91 Å². The average molecular weight is 310 g/mol. The second-order valence-electron chi connectivity index (χ2n) is 5.15. The van der Waals surface area contributed by atoms with Crippen LogP contribution in [-0.4, -0.2) is 5.91 Å². The number of nitrogens with one attached hydrogen (secondary N) is 1. The summed E-state index contributed by atoms with van der Waals surface area (Å²) < 4.78 is 1.06. The second kappa shape index (κ2) is 5.87. The van der Waals surface area contributed by atoms with Gasteiger partial charge in [-0.05, 0) is 37.0 Å². The van der Waals surface area contributed by atoms with Gasteiger partial charge in [0.15, 0.2) is 0 Å². The molecule has 0 radical (unpaired) electrons. The predicted octanol–water partition coefficient (Wildman–Crippen LogP) is 4.04. The fraction of sp³-hybridized carbons (Fsp3) is 0.533. The fourth-order valence-corrected chi connectivity index (χ4v) is 3.26. The van der Waals surface area contributed by atoms with E-state index in [2.05, 4.69) is 28.2 Å². The molecule has 0 bridgehead atoms. The van der Waals surface area contributed by atoms with Gasteiger partial charge in [-0.15, -0.1) is 0 Å². The molecule has 2 rings (SSSR count). The number of hydrogen-bond donors (Lipinski definition) is 1. The molecular weight excluding hydrogens is 290 g/mol. The topological polar surface area (TPSA) is 29.1 Å². The van der Waals surface area contributed by atoms with Crippen LogP contribution in [0.3, 0.4) is 0 Å². The summed E-state index contributed by atoms with van der Waals surface area (Å²) in [6.45, 7) is 2.75. The third-order valence-electron chi connectivity index (χ3n) is 4.06. The maximum atomic E-state index is 12.3. The lowest BCUT2D eigenvalue weighted by Gasteiger charge is -2.26. The summed E-state index contributed by atoms with van der Waals surface area (Å²) >= 11 is 3.45. The van der Waals surface area contributed by atoms with E-state index in [0.29, 0.717) is 6.54 Å². The number of amides is 1. The van der Waals surface area contributed by atoms with Crippen LogP contribution in [0.2, 0.25) is 0 Å². The molecule has 0 aromatic heterocycles. The molecule has 2 nitrogen and oxygen atoms in total. The van der Waals surface area contributed by atoms with Gasteiger partial charge in [0.05, 0.1) is 0 Å². The van der Waals surface area contributed by atoms with E-state index in [9.17, 15) is 4.79 Å². The molecule has 1 aliphatic rings. The van der Waals surface area contributed by atoms with Gasteiger partial charge < -0.3 is 5.32 Å². The normalized spacial score (nSPS) is 17.7. The summed E-state index contributed by atoms with van der Waals surface area (Å²) in [5.41, 5.74) is 1.05. The minimum atomic E-state index is -0.0913. The zero-order valence-corrected chi connectivity index (χ0v) is 12.4. The van der Waals surface area contributed by atoms with Crippen LogP contribution in [0.15, 0.2) is 28.7 Å². The van der Waals surface area contributed by atoms with Crippen molar-refractivity contribution >= 4 is 21.8 Å². The zero-order valence-electron chi connectivity index (χ0n) is 10.8. The molecule has 1 fully saturated rings. The fourth-order valence-electron chi connectivity index (χ4n) is 2.81. The number of carbonyl (C=O) groups excluding carboxylic acids is 1. The summed E-state index contributed by atoms with van der Waals surface area (Å²) in [6, 6.07) is 8.08. The first-order valence-corrected chi connectivity index (χ1v) is 7.48. The van der Waals surface area contributed by atoms with Crippen molar-refractivity contribution < 1.29 is 4.79 Å². The van der Waals surface area contributed by atoms with Crippen LogP contribution < -0.4 is 5.32 Å². The van der Waals surface area contributed by atoms with Gasteiger partial charge in [-0.2, -0.15) is 0 Å². The Morgan fingerprint density at radius 1 is 1.39 bits per heavy atom. The summed E-state index contributed by atoms with van der Waals surface area (Å²) in [6.07, 6.45) is 5.44. The maximum Gasteiger partial charge on any atom is 0.226 e. The van der Waals surface area contributed by atoms with Crippen molar-refractivity contribution in [3.8, 4) is 0 Å². The van der Waals surface area contributed by atoms with Crippen LogP contribution in [0.1, 0.15) is 44.6 Å². The molecule has 1 saturated carbocycles. The number of rotatable bonds is 4. The molecule has 18 heavy (non-hydrogen) atoms. The van der Waals surface area contributed by atoms with Crippen molar-refractivity contribution in [1.29, 1.82) is 0 Å². The molecule has 3 heteroatoms. The third-order valence-corrected chi connectivity index (χ3v) is 4.55. The number of hydrogen-bond acceptors (Lipinski definition) is 1. The highest BCUT2D eigenvalue weighted by atomic mass is 79.9. The first kappa shape index (κ1) is 13.6. The Bertz CT molecular complexity index is 424. The van der Waals surface area contributed by atoms with Crippen molar-refractivity contribution in [2.75, 3.05) is 0 Å². The monoisotopic (exact) mass is 309 g/mol. The standard InChI is InChI=1S/C15H20BrNO/c1-2-15(8-3-4-9-15)14(18)17-11-12-6-5-7-13(16)10-12/h5-7,10H,2-4,8-9,11H2,1H3,(H,17,18). The quantitative estimate of drug-likeness (QED) is 0.893. The van der Waals surface area contributed by atoms with E-state index in [0.717, 1.165) is 29.3 Å². The van der Waals surface area contributed by atoms with Crippen molar-refractivity contribution in [3.63, 3.8) is 0 Å². The van der Waals surface area contributed by atoms with Crippen molar-refractivity contribution in [2.45, 2.75) is 45.6 Å². The summed E-state index contributed by atoms with van der Waals surface area (Å²) in [5.74, 6) is 0.238. The van der Waals surface area contributed by atoms with Crippen LogP contribution in [0.4, 0.5) is 0 Å². The molecule has 0 unspecified atom stereocenters. The third kappa shape index (κ3) is 2.94. The van der Waals surface area contributed by atoms with Crippen molar-refractivity contribution in [3.05, 3.63) is 34.3 Å². The molecule has 0 aliphatic heterocycles. The molecule has 0 heterocycles. The molecule has 1 aromatic carbocycles. The summed E-state index contributed by atoms with van der Waals surface area (Å²) in [7, 11) is 0. The lowest BCUT2D eigenvalue weighted by molar-refractivity contribution is -0.131. The van der Waals surface area contributed by atoms with Gasteiger partial charge in [0, 0.05) is 16.4 Å². The van der Waals surface area contributed by atoms with E-state index in [4.69, 9.17) is 0 Å². The highest BCUT2D eigenvalue weighted by Gasteiger charge is 2.38. The largest absolute Gasteiger partial charge is 0.352 e. The Hall–Kier alpha value is -0.830. The zero-order chi connectivity index (χ0) is 13.0. The highest BCUT2D eigenvalue weighted by molar-refractivity contribution is 9.10. The Morgan fingerprint density at radius 3 is 2.72 bits per heavy atom. The SMILES string of the molecule is CCC1(C(=O)NCc2cccc(Br)c2)CCCC1. The lowest BCUT2D eigenvalue weighted by Crippen LogP contribution is -2.38. The smallest absolute Gasteiger partial charge is 0.226 e. The lowest BCUT2D eigenvalue weighted by atomic mass is 9.82. The Balaban J connectivity index is 1.95. The van der Waals surface area contributed by atoms with E-state index in [1.165, 1.54) is 12.8 Å². The Kier molecular flexibility index (Phi) is 4.44. The predicted molar refractivity (Wildman–Crippen MR) is 77.2 cm³/mol. The Morgan fingerprint density at radius 2 is 2.11 bits per heavy atom. The van der Waals surface area contributed by atoms with Crippen LogP contribution in [0.25, 0.3) is 0 Å². The van der Waals surface area contributed by atoms with Gasteiger partial charge in [-0.3, -0.25) is 4.79 Å². The average Bonchev–Trinajstić information content (AvgIpc) is 2.86.